The zero-order valence-corrected chi connectivity index (χ0v) is 17.5. The topological polar surface area (TPSA) is 64.0 Å². The number of allylic oxidation sites excluding steroid dienone is 1. The SMILES string of the molecule is C=CCSc1ccccc1NC(=O)CSc1nc2ccccc2c(=O)n1CC=C. The first-order valence-corrected chi connectivity index (χ1v) is 11.0. The number of rotatable bonds is 9. The highest BCUT2D eigenvalue weighted by atomic mass is 32.2. The minimum absolute atomic E-state index is 0.135. The summed E-state index contributed by atoms with van der Waals surface area (Å²) in [5.74, 6) is 0.744. The number of hydrogen-bond donors (Lipinski definition) is 1. The van der Waals surface area contributed by atoms with Gasteiger partial charge in [-0.25, -0.2) is 4.98 Å². The maximum Gasteiger partial charge on any atom is 0.262 e. The summed E-state index contributed by atoms with van der Waals surface area (Å²) in [5, 5.41) is 3.99. The quantitative estimate of drug-likeness (QED) is 0.310. The summed E-state index contributed by atoms with van der Waals surface area (Å²) in [6.07, 6.45) is 3.47. The van der Waals surface area contributed by atoms with E-state index in [0.29, 0.717) is 22.6 Å². The normalized spacial score (nSPS) is 10.6. The number of benzene rings is 2. The summed E-state index contributed by atoms with van der Waals surface area (Å²) in [6, 6.07) is 14.8. The van der Waals surface area contributed by atoms with E-state index in [0.717, 1.165) is 16.3 Å². The van der Waals surface area contributed by atoms with E-state index < -0.39 is 0 Å². The van der Waals surface area contributed by atoms with Gasteiger partial charge in [0.25, 0.3) is 5.56 Å². The minimum Gasteiger partial charge on any atom is -0.324 e. The number of aromatic nitrogens is 2. The minimum atomic E-state index is -0.158. The number of fused-ring (bicyclic) bond motifs is 1. The number of carbonyl (C=O) groups excluding carboxylic acids is 1. The molecule has 0 saturated carbocycles. The van der Waals surface area contributed by atoms with Crippen molar-refractivity contribution in [2.45, 2.75) is 16.6 Å². The number of carbonyl (C=O) groups is 1. The van der Waals surface area contributed by atoms with Crippen molar-refractivity contribution in [1.29, 1.82) is 0 Å². The molecule has 5 nitrogen and oxygen atoms in total. The number of amides is 1. The zero-order chi connectivity index (χ0) is 20.6. The molecule has 0 aliphatic heterocycles. The fourth-order valence-corrected chi connectivity index (χ4v) is 4.26. The van der Waals surface area contributed by atoms with Crippen molar-refractivity contribution in [3.05, 3.63) is 84.2 Å². The summed E-state index contributed by atoms with van der Waals surface area (Å²) in [7, 11) is 0. The van der Waals surface area contributed by atoms with Crippen molar-refractivity contribution in [2.24, 2.45) is 0 Å². The first-order chi connectivity index (χ1) is 14.1. The average Bonchev–Trinajstić information content (AvgIpc) is 2.74. The molecule has 2 aromatic carbocycles. The molecular formula is C22H21N3O2S2. The van der Waals surface area contributed by atoms with E-state index in [1.807, 2.05) is 42.5 Å². The van der Waals surface area contributed by atoms with Gasteiger partial charge >= 0.3 is 0 Å². The lowest BCUT2D eigenvalue weighted by molar-refractivity contribution is -0.113. The van der Waals surface area contributed by atoms with Gasteiger partial charge in [-0.2, -0.15) is 0 Å². The average molecular weight is 424 g/mol. The first kappa shape index (κ1) is 21.0. The number of nitrogens with one attached hydrogen (secondary N) is 1. The lowest BCUT2D eigenvalue weighted by atomic mass is 10.2. The molecule has 0 spiro atoms. The van der Waals surface area contributed by atoms with Gasteiger partial charge in [-0.1, -0.05) is 48.2 Å². The molecule has 0 aliphatic rings. The Morgan fingerprint density at radius 1 is 1.07 bits per heavy atom. The van der Waals surface area contributed by atoms with E-state index in [2.05, 4.69) is 23.5 Å². The smallest absolute Gasteiger partial charge is 0.262 e. The van der Waals surface area contributed by atoms with Crippen molar-refractivity contribution in [3.63, 3.8) is 0 Å². The molecule has 0 aliphatic carbocycles. The Labute approximate surface area is 177 Å². The molecule has 0 atom stereocenters. The Balaban J connectivity index is 1.78. The molecule has 3 aromatic rings. The van der Waals surface area contributed by atoms with Crippen molar-refractivity contribution in [3.8, 4) is 0 Å². The predicted molar refractivity (Wildman–Crippen MR) is 123 cm³/mol. The second-order valence-electron chi connectivity index (χ2n) is 6.05. The summed E-state index contributed by atoms with van der Waals surface area (Å²) in [5.41, 5.74) is 1.25. The van der Waals surface area contributed by atoms with E-state index in [9.17, 15) is 9.59 Å². The molecule has 148 valence electrons. The van der Waals surface area contributed by atoms with Gasteiger partial charge in [-0.3, -0.25) is 14.2 Å². The van der Waals surface area contributed by atoms with Crippen LogP contribution in [0.5, 0.6) is 0 Å². The number of thioether (sulfide) groups is 2. The van der Waals surface area contributed by atoms with Crippen LogP contribution in [0.25, 0.3) is 10.9 Å². The van der Waals surface area contributed by atoms with Crippen LogP contribution in [-0.4, -0.2) is 27.0 Å². The number of anilines is 1. The largest absolute Gasteiger partial charge is 0.324 e. The molecular weight excluding hydrogens is 402 g/mol. The van der Waals surface area contributed by atoms with Crippen LogP contribution in [0, 0.1) is 0 Å². The second kappa shape index (κ2) is 10.1. The Morgan fingerprint density at radius 3 is 2.62 bits per heavy atom. The summed E-state index contributed by atoms with van der Waals surface area (Å²) < 4.78 is 1.54. The number of hydrogen-bond acceptors (Lipinski definition) is 5. The summed E-state index contributed by atoms with van der Waals surface area (Å²) >= 11 is 2.84. The van der Waals surface area contributed by atoms with Crippen LogP contribution < -0.4 is 10.9 Å². The molecule has 29 heavy (non-hydrogen) atoms. The lowest BCUT2D eigenvalue weighted by Crippen LogP contribution is -2.23. The maximum atomic E-state index is 12.8. The Morgan fingerprint density at radius 2 is 1.83 bits per heavy atom. The zero-order valence-electron chi connectivity index (χ0n) is 15.8. The number of nitrogens with zero attached hydrogens (tertiary/aromatic N) is 2. The van der Waals surface area contributed by atoms with Gasteiger partial charge in [0, 0.05) is 17.2 Å². The van der Waals surface area contributed by atoms with Gasteiger partial charge in [0.2, 0.25) is 5.91 Å². The van der Waals surface area contributed by atoms with E-state index in [1.54, 1.807) is 34.5 Å². The van der Waals surface area contributed by atoms with Crippen LogP contribution in [0.4, 0.5) is 5.69 Å². The molecule has 1 N–H and O–H groups in total. The predicted octanol–water partition coefficient (Wildman–Crippen LogP) is 4.59. The van der Waals surface area contributed by atoms with E-state index in [-0.39, 0.29) is 17.2 Å². The van der Waals surface area contributed by atoms with Crippen molar-refractivity contribution in [2.75, 3.05) is 16.8 Å². The van der Waals surface area contributed by atoms with E-state index >= 15 is 0 Å². The monoisotopic (exact) mass is 423 g/mol. The summed E-state index contributed by atoms with van der Waals surface area (Å²) in [6.45, 7) is 7.78. The molecule has 3 rings (SSSR count). The summed E-state index contributed by atoms with van der Waals surface area (Å²) in [4.78, 5) is 30.9. The highest BCUT2D eigenvalue weighted by Gasteiger charge is 2.13. The fourth-order valence-electron chi connectivity index (χ4n) is 2.71. The highest BCUT2D eigenvalue weighted by Crippen LogP contribution is 2.27. The standard InChI is InChI=1S/C22H21N3O2S2/c1-3-13-25-21(27)16-9-5-6-10-17(16)24-22(25)29-15-20(26)23-18-11-7-8-12-19(18)28-14-4-2/h3-12H,1-2,13-15H2,(H,23,26). The second-order valence-corrected chi connectivity index (χ2v) is 8.05. The van der Waals surface area contributed by atoms with Crippen molar-refractivity contribution >= 4 is 46.0 Å². The molecule has 1 heterocycles. The molecule has 0 fully saturated rings. The van der Waals surface area contributed by atoms with Crippen molar-refractivity contribution < 1.29 is 4.79 Å². The molecule has 7 heteroatoms. The molecule has 1 aromatic heterocycles. The van der Waals surface area contributed by atoms with Gasteiger partial charge < -0.3 is 5.32 Å². The first-order valence-electron chi connectivity index (χ1n) is 9.00. The van der Waals surface area contributed by atoms with E-state index in [4.69, 9.17) is 0 Å². The van der Waals surface area contributed by atoms with Crippen LogP contribution in [0.1, 0.15) is 0 Å². The molecule has 1 amide bonds. The van der Waals surface area contributed by atoms with Gasteiger partial charge in [-0.15, -0.1) is 24.9 Å². The molecule has 0 bridgehead atoms. The molecule has 0 radical (unpaired) electrons. The molecule has 0 unspecified atom stereocenters. The van der Waals surface area contributed by atoms with Crippen molar-refractivity contribution in [1.82, 2.24) is 9.55 Å². The highest BCUT2D eigenvalue weighted by molar-refractivity contribution is 8.00. The Hall–Kier alpha value is -2.77. The number of para-hydroxylation sites is 2. The van der Waals surface area contributed by atoms with Gasteiger partial charge in [0.1, 0.15) is 0 Å². The maximum absolute atomic E-state index is 12.8. The lowest BCUT2D eigenvalue weighted by Gasteiger charge is -2.12. The third-order valence-corrected chi connectivity index (χ3v) is 6.03. The van der Waals surface area contributed by atoms with Gasteiger partial charge in [-0.05, 0) is 24.3 Å². The fraction of sp³-hybridized carbons (Fsp3) is 0.136. The van der Waals surface area contributed by atoms with Crippen LogP contribution >= 0.6 is 23.5 Å². The van der Waals surface area contributed by atoms with E-state index in [1.165, 1.54) is 11.8 Å². The van der Waals surface area contributed by atoms with Crippen LogP contribution in [0.3, 0.4) is 0 Å². The van der Waals surface area contributed by atoms with Crippen LogP contribution in [0.15, 0.2) is 88.7 Å². The third-order valence-electron chi connectivity index (χ3n) is 3.99. The molecule has 0 saturated heterocycles. The Bertz CT molecular complexity index is 1110. The van der Waals surface area contributed by atoms with Gasteiger partial charge in [0.15, 0.2) is 5.16 Å². The Kier molecular flexibility index (Phi) is 7.32. The van der Waals surface area contributed by atoms with Crippen LogP contribution in [0.2, 0.25) is 0 Å². The third kappa shape index (κ3) is 5.19. The van der Waals surface area contributed by atoms with Gasteiger partial charge in [0.05, 0.1) is 22.3 Å². The van der Waals surface area contributed by atoms with Crippen LogP contribution in [-0.2, 0) is 11.3 Å².